The third kappa shape index (κ3) is 3.15. The molecule has 0 spiro atoms. The standard InChI is InChI=1S/C17H27N3/c1-13-10-17(20-9-8-19(3)14(2)12-20)7-4-15(13)11-18-16-5-6-16/h4,7,10,14,16,18H,5-6,8-9,11-12H2,1-3H3. The molecule has 1 saturated heterocycles. The fraction of sp³-hybridized carbons (Fsp3) is 0.647. The van der Waals surface area contributed by atoms with E-state index >= 15 is 0 Å². The Balaban J connectivity index is 1.66. The van der Waals surface area contributed by atoms with Crippen molar-refractivity contribution >= 4 is 5.69 Å². The monoisotopic (exact) mass is 273 g/mol. The number of anilines is 1. The minimum Gasteiger partial charge on any atom is -0.369 e. The van der Waals surface area contributed by atoms with Gasteiger partial charge in [0.2, 0.25) is 0 Å². The van der Waals surface area contributed by atoms with Gasteiger partial charge in [0.1, 0.15) is 0 Å². The maximum Gasteiger partial charge on any atom is 0.0370 e. The van der Waals surface area contributed by atoms with Crippen LogP contribution in [0, 0.1) is 6.92 Å². The lowest BCUT2D eigenvalue weighted by Crippen LogP contribution is -2.50. The lowest BCUT2D eigenvalue weighted by molar-refractivity contribution is 0.234. The first kappa shape index (κ1) is 13.9. The molecule has 1 aromatic rings. The molecular weight excluding hydrogens is 246 g/mol. The Morgan fingerprint density at radius 3 is 2.70 bits per heavy atom. The van der Waals surface area contributed by atoms with Gasteiger partial charge in [-0.25, -0.2) is 0 Å². The summed E-state index contributed by atoms with van der Waals surface area (Å²) in [6, 6.07) is 8.40. The number of rotatable bonds is 4. The zero-order chi connectivity index (χ0) is 14.1. The summed E-state index contributed by atoms with van der Waals surface area (Å²) in [5.74, 6) is 0. The highest BCUT2D eigenvalue weighted by molar-refractivity contribution is 5.51. The van der Waals surface area contributed by atoms with Gasteiger partial charge in [0.25, 0.3) is 0 Å². The fourth-order valence-electron chi connectivity index (χ4n) is 2.90. The molecule has 110 valence electrons. The molecule has 0 radical (unpaired) electrons. The van der Waals surface area contributed by atoms with E-state index in [1.54, 1.807) is 0 Å². The number of benzene rings is 1. The summed E-state index contributed by atoms with van der Waals surface area (Å²) in [7, 11) is 2.22. The van der Waals surface area contributed by atoms with Crippen LogP contribution < -0.4 is 10.2 Å². The third-order valence-electron chi connectivity index (χ3n) is 4.81. The topological polar surface area (TPSA) is 18.5 Å². The molecule has 1 saturated carbocycles. The summed E-state index contributed by atoms with van der Waals surface area (Å²) < 4.78 is 0. The first-order valence-corrected chi connectivity index (χ1v) is 7.91. The van der Waals surface area contributed by atoms with E-state index < -0.39 is 0 Å². The van der Waals surface area contributed by atoms with Crippen LogP contribution in [0.1, 0.15) is 30.9 Å². The second-order valence-electron chi connectivity index (χ2n) is 6.54. The molecule has 3 rings (SSSR count). The number of likely N-dealkylation sites (N-methyl/N-ethyl adjacent to an activating group) is 1. The molecule has 1 atom stereocenters. The van der Waals surface area contributed by atoms with Crippen molar-refractivity contribution in [3.05, 3.63) is 29.3 Å². The second kappa shape index (κ2) is 5.74. The number of hydrogen-bond acceptors (Lipinski definition) is 3. The van der Waals surface area contributed by atoms with Crippen molar-refractivity contribution in [3.8, 4) is 0 Å². The number of nitrogens with one attached hydrogen (secondary N) is 1. The van der Waals surface area contributed by atoms with Gasteiger partial charge in [0.05, 0.1) is 0 Å². The SMILES string of the molecule is Cc1cc(N2CCN(C)C(C)C2)ccc1CNC1CC1. The molecule has 0 aromatic heterocycles. The molecule has 20 heavy (non-hydrogen) atoms. The largest absolute Gasteiger partial charge is 0.369 e. The van der Waals surface area contributed by atoms with Gasteiger partial charge in [-0.1, -0.05) is 6.07 Å². The second-order valence-corrected chi connectivity index (χ2v) is 6.54. The molecule has 1 N–H and O–H groups in total. The Morgan fingerprint density at radius 2 is 2.05 bits per heavy atom. The van der Waals surface area contributed by atoms with Gasteiger partial charge in [-0.05, 0) is 57.0 Å². The van der Waals surface area contributed by atoms with Crippen LogP contribution in [0.4, 0.5) is 5.69 Å². The molecule has 1 aliphatic carbocycles. The summed E-state index contributed by atoms with van der Waals surface area (Å²) in [6.07, 6.45) is 2.71. The van der Waals surface area contributed by atoms with E-state index in [1.165, 1.54) is 29.7 Å². The van der Waals surface area contributed by atoms with Gasteiger partial charge in [0, 0.05) is 44.0 Å². The van der Waals surface area contributed by atoms with Crippen LogP contribution in [0.5, 0.6) is 0 Å². The summed E-state index contributed by atoms with van der Waals surface area (Å²) in [5.41, 5.74) is 4.25. The Bertz CT molecular complexity index is 467. The van der Waals surface area contributed by atoms with Crippen LogP contribution in [-0.4, -0.2) is 43.7 Å². The van der Waals surface area contributed by atoms with Crippen LogP contribution in [-0.2, 0) is 6.54 Å². The van der Waals surface area contributed by atoms with E-state index in [4.69, 9.17) is 0 Å². The van der Waals surface area contributed by atoms with Crippen LogP contribution in [0.25, 0.3) is 0 Å². The first-order chi connectivity index (χ1) is 9.63. The number of nitrogens with zero attached hydrogens (tertiary/aromatic N) is 2. The van der Waals surface area contributed by atoms with E-state index in [0.717, 1.165) is 32.2 Å². The maximum absolute atomic E-state index is 3.61. The quantitative estimate of drug-likeness (QED) is 0.909. The van der Waals surface area contributed by atoms with E-state index in [9.17, 15) is 0 Å². The Morgan fingerprint density at radius 1 is 1.25 bits per heavy atom. The molecule has 1 heterocycles. The van der Waals surface area contributed by atoms with Crippen molar-refractivity contribution in [1.29, 1.82) is 0 Å². The Hall–Kier alpha value is -1.06. The molecule has 2 fully saturated rings. The summed E-state index contributed by atoms with van der Waals surface area (Å²) >= 11 is 0. The van der Waals surface area contributed by atoms with Crippen molar-refractivity contribution in [2.45, 2.75) is 45.3 Å². The molecule has 3 heteroatoms. The van der Waals surface area contributed by atoms with Gasteiger partial charge in [-0.15, -0.1) is 0 Å². The van der Waals surface area contributed by atoms with Crippen molar-refractivity contribution in [1.82, 2.24) is 10.2 Å². The summed E-state index contributed by atoms with van der Waals surface area (Å²) in [4.78, 5) is 4.97. The van der Waals surface area contributed by atoms with Crippen molar-refractivity contribution in [3.63, 3.8) is 0 Å². The van der Waals surface area contributed by atoms with Gasteiger partial charge in [-0.2, -0.15) is 0 Å². The highest BCUT2D eigenvalue weighted by Gasteiger charge is 2.22. The van der Waals surface area contributed by atoms with Crippen molar-refractivity contribution in [2.75, 3.05) is 31.6 Å². The van der Waals surface area contributed by atoms with Gasteiger partial charge >= 0.3 is 0 Å². The third-order valence-corrected chi connectivity index (χ3v) is 4.81. The van der Waals surface area contributed by atoms with Gasteiger partial charge in [0.15, 0.2) is 0 Å². The highest BCUT2D eigenvalue weighted by atomic mass is 15.3. The predicted molar refractivity (Wildman–Crippen MR) is 85.3 cm³/mol. The van der Waals surface area contributed by atoms with Gasteiger partial charge < -0.3 is 15.1 Å². The minimum atomic E-state index is 0.639. The highest BCUT2D eigenvalue weighted by Crippen LogP contribution is 2.23. The average molecular weight is 273 g/mol. The molecule has 3 nitrogen and oxygen atoms in total. The van der Waals surface area contributed by atoms with Gasteiger partial charge in [-0.3, -0.25) is 0 Å². The number of aryl methyl sites for hydroxylation is 1. The fourth-order valence-corrected chi connectivity index (χ4v) is 2.90. The summed E-state index contributed by atoms with van der Waals surface area (Å²) in [6.45, 7) is 9.01. The molecular formula is C17H27N3. The Labute approximate surface area is 123 Å². The van der Waals surface area contributed by atoms with E-state index in [-0.39, 0.29) is 0 Å². The van der Waals surface area contributed by atoms with Crippen LogP contribution in [0.2, 0.25) is 0 Å². The van der Waals surface area contributed by atoms with E-state index in [2.05, 4.69) is 54.2 Å². The van der Waals surface area contributed by atoms with Crippen molar-refractivity contribution in [2.24, 2.45) is 0 Å². The number of piperazine rings is 1. The molecule has 0 bridgehead atoms. The minimum absolute atomic E-state index is 0.639. The zero-order valence-corrected chi connectivity index (χ0v) is 13.0. The Kier molecular flexibility index (Phi) is 3.99. The summed E-state index contributed by atoms with van der Waals surface area (Å²) in [5, 5.41) is 3.61. The molecule has 1 aliphatic heterocycles. The molecule has 1 aromatic carbocycles. The normalized spacial score (nSPS) is 24.1. The zero-order valence-electron chi connectivity index (χ0n) is 13.0. The first-order valence-electron chi connectivity index (χ1n) is 7.91. The average Bonchev–Trinajstić information content (AvgIpc) is 3.24. The van der Waals surface area contributed by atoms with Crippen molar-refractivity contribution < 1.29 is 0 Å². The predicted octanol–water partition coefficient (Wildman–Crippen LogP) is 2.39. The van der Waals surface area contributed by atoms with Crippen LogP contribution in [0.3, 0.4) is 0 Å². The lowest BCUT2D eigenvalue weighted by Gasteiger charge is -2.39. The number of hydrogen-bond donors (Lipinski definition) is 1. The van der Waals surface area contributed by atoms with E-state index in [1.807, 2.05) is 0 Å². The smallest absolute Gasteiger partial charge is 0.0370 e. The van der Waals surface area contributed by atoms with Crippen LogP contribution in [0.15, 0.2) is 18.2 Å². The molecule has 1 unspecified atom stereocenters. The van der Waals surface area contributed by atoms with E-state index in [0.29, 0.717) is 6.04 Å². The maximum atomic E-state index is 3.61. The van der Waals surface area contributed by atoms with Crippen LogP contribution >= 0.6 is 0 Å². The molecule has 2 aliphatic rings. The molecule has 0 amide bonds. The lowest BCUT2D eigenvalue weighted by atomic mass is 10.1.